The predicted octanol–water partition coefficient (Wildman–Crippen LogP) is 1.62. The van der Waals surface area contributed by atoms with Crippen LogP contribution in [0.15, 0.2) is 27.3 Å². The number of furan rings is 1. The van der Waals surface area contributed by atoms with Crippen LogP contribution in [0.2, 0.25) is 0 Å². The number of nitrogens with zero attached hydrogens (tertiary/aromatic N) is 2. The van der Waals surface area contributed by atoms with Gasteiger partial charge < -0.3 is 14.3 Å². The van der Waals surface area contributed by atoms with Crippen molar-refractivity contribution in [3.8, 4) is 11.6 Å². The number of nitrogens with one attached hydrogen (secondary N) is 1. The van der Waals surface area contributed by atoms with Crippen LogP contribution >= 0.6 is 0 Å². The maximum Gasteiger partial charge on any atom is 0.238 e. The SMILES string of the molecule is c1coc(-c2noc(CCNC3CC3)n2)c1. The van der Waals surface area contributed by atoms with E-state index >= 15 is 0 Å². The standard InChI is InChI=1S/C11H13N3O2/c1-2-9(15-7-1)11-13-10(16-14-11)5-6-12-8-3-4-8/h1-2,7-8,12H,3-6H2. The molecule has 0 amide bonds. The molecule has 0 radical (unpaired) electrons. The third-order valence-corrected chi connectivity index (χ3v) is 2.56. The van der Waals surface area contributed by atoms with E-state index in [-0.39, 0.29) is 0 Å². The van der Waals surface area contributed by atoms with Crippen LogP contribution in [0.1, 0.15) is 18.7 Å². The lowest BCUT2D eigenvalue weighted by Crippen LogP contribution is -2.19. The third kappa shape index (κ3) is 2.14. The molecule has 1 N–H and O–H groups in total. The molecular formula is C11H13N3O2. The number of hydrogen-bond donors (Lipinski definition) is 1. The van der Waals surface area contributed by atoms with Crippen LogP contribution in [-0.2, 0) is 6.42 Å². The van der Waals surface area contributed by atoms with Crippen LogP contribution in [0, 0.1) is 0 Å². The topological polar surface area (TPSA) is 64.1 Å². The molecule has 0 atom stereocenters. The fraction of sp³-hybridized carbons (Fsp3) is 0.455. The van der Waals surface area contributed by atoms with Crippen molar-refractivity contribution in [1.82, 2.24) is 15.5 Å². The summed E-state index contributed by atoms with van der Waals surface area (Å²) < 4.78 is 10.3. The first-order chi connectivity index (χ1) is 7.92. The molecule has 1 fully saturated rings. The molecule has 0 spiro atoms. The molecule has 1 saturated carbocycles. The van der Waals surface area contributed by atoms with Gasteiger partial charge in [0, 0.05) is 19.0 Å². The van der Waals surface area contributed by atoms with E-state index in [9.17, 15) is 0 Å². The predicted molar refractivity (Wildman–Crippen MR) is 56.7 cm³/mol. The Kier molecular flexibility index (Phi) is 2.46. The van der Waals surface area contributed by atoms with Gasteiger partial charge in [-0.05, 0) is 25.0 Å². The summed E-state index contributed by atoms with van der Waals surface area (Å²) in [6.07, 6.45) is 4.95. The van der Waals surface area contributed by atoms with E-state index in [1.165, 1.54) is 12.8 Å². The highest BCUT2D eigenvalue weighted by molar-refractivity contribution is 5.44. The van der Waals surface area contributed by atoms with Crippen molar-refractivity contribution in [2.45, 2.75) is 25.3 Å². The highest BCUT2D eigenvalue weighted by Crippen LogP contribution is 2.19. The van der Waals surface area contributed by atoms with Crippen LogP contribution in [-0.4, -0.2) is 22.7 Å². The fourth-order valence-corrected chi connectivity index (χ4v) is 1.53. The molecule has 2 aromatic heterocycles. The smallest absolute Gasteiger partial charge is 0.238 e. The Labute approximate surface area is 92.8 Å². The van der Waals surface area contributed by atoms with E-state index in [0.29, 0.717) is 23.5 Å². The number of hydrogen-bond acceptors (Lipinski definition) is 5. The highest BCUT2D eigenvalue weighted by atomic mass is 16.5. The first kappa shape index (κ1) is 9.59. The fourth-order valence-electron chi connectivity index (χ4n) is 1.53. The molecule has 3 rings (SSSR count). The molecule has 0 bridgehead atoms. The molecule has 0 saturated heterocycles. The monoisotopic (exact) mass is 219 g/mol. The molecule has 0 aromatic carbocycles. The second-order valence-electron chi connectivity index (χ2n) is 3.97. The van der Waals surface area contributed by atoms with Crippen molar-refractivity contribution >= 4 is 0 Å². The zero-order valence-corrected chi connectivity index (χ0v) is 8.85. The number of rotatable bonds is 5. The van der Waals surface area contributed by atoms with Crippen LogP contribution in [0.25, 0.3) is 11.6 Å². The van der Waals surface area contributed by atoms with Gasteiger partial charge in [0.15, 0.2) is 5.76 Å². The highest BCUT2D eigenvalue weighted by Gasteiger charge is 2.20. The first-order valence-corrected chi connectivity index (χ1v) is 5.51. The second-order valence-corrected chi connectivity index (χ2v) is 3.97. The Balaban J connectivity index is 1.59. The largest absolute Gasteiger partial charge is 0.461 e. The van der Waals surface area contributed by atoms with Crippen LogP contribution < -0.4 is 5.32 Å². The van der Waals surface area contributed by atoms with Crippen LogP contribution in [0.3, 0.4) is 0 Å². The van der Waals surface area contributed by atoms with Gasteiger partial charge in [-0.2, -0.15) is 4.98 Å². The molecule has 5 heteroatoms. The maximum absolute atomic E-state index is 5.18. The Bertz CT molecular complexity index is 446. The molecule has 16 heavy (non-hydrogen) atoms. The Morgan fingerprint density at radius 1 is 1.44 bits per heavy atom. The van der Waals surface area contributed by atoms with E-state index in [1.54, 1.807) is 12.3 Å². The maximum atomic E-state index is 5.18. The lowest BCUT2D eigenvalue weighted by molar-refractivity contribution is 0.375. The van der Waals surface area contributed by atoms with E-state index in [0.717, 1.165) is 13.0 Å². The molecule has 0 aliphatic heterocycles. The summed E-state index contributed by atoms with van der Waals surface area (Å²) in [5.41, 5.74) is 0. The van der Waals surface area contributed by atoms with Gasteiger partial charge in [0.2, 0.25) is 11.7 Å². The Hall–Kier alpha value is -1.62. The Morgan fingerprint density at radius 3 is 3.12 bits per heavy atom. The zero-order chi connectivity index (χ0) is 10.8. The average molecular weight is 219 g/mol. The van der Waals surface area contributed by atoms with Gasteiger partial charge in [0.25, 0.3) is 0 Å². The van der Waals surface area contributed by atoms with Gasteiger partial charge in [0.05, 0.1) is 6.26 Å². The first-order valence-electron chi connectivity index (χ1n) is 5.51. The van der Waals surface area contributed by atoms with Crippen LogP contribution in [0.5, 0.6) is 0 Å². The molecule has 2 heterocycles. The van der Waals surface area contributed by atoms with Gasteiger partial charge in [0.1, 0.15) is 0 Å². The van der Waals surface area contributed by atoms with E-state index in [4.69, 9.17) is 8.94 Å². The van der Waals surface area contributed by atoms with Gasteiger partial charge >= 0.3 is 0 Å². The molecule has 1 aliphatic rings. The van der Waals surface area contributed by atoms with Crippen LogP contribution in [0.4, 0.5) is 0 Å². The van der Waals surface area contributed by atoms with Crippen molar-refractivity contribution in [3.63, 3.8) is 0 Å². The second kappa shape index (κ2) is 4.09. The van der Waals surface area contributed by atoms with Crippen molar-refractivity contribution < 1.29 is 8.94 Å². The summed E-state index contributed by atoms with van der Waals surface area (Å²) in [4.78, 5) is 4.26. The Morgan fingerprint density at radius 2 is 2.38 bits per heavy atom. The summed E-state index contributed by atoms with van der Waals surface area (Å²) in [7, 11) is 0. The van der Waals surface area contributed by atoms with E-state index < -0.39 is 0 Å². The minimum atomic E-state index is 0.520. The van der Waals surface area contributed by atoms with Crippen molar-refractivity contribution in [1.29, 1.82) is 0 Å². The molecule has 0 unspecified atom stereocenters. The molecular weight excluding hydrogens is 206 g/mol. The lowest BCUT2D eigenvalue weighted by Gasteiger charge is -1.96. The van der Waals surface area contributed by atoms with Gasteiger partial charge in [-0.15, -0.1) is 0 Å². The average Bonchev–Trinajstić information content (AvgIpc) is 2.83. The third-order valence-electron chi connectivity index (χ3n) is 2.56. The van der Waals surface area contributed by atoms with Gasteiger partial charge in [-0.3, -0.25) is 0 Å². The van der Waals surface area contributed by atoms with Crippen molar-refractivity contribution in [2.24, 2.45) is 0 Å². The molecule has 2 aromatic rings. The summed E-state index contributed by atoms with van der Waals surface area (Å²) in [5, 5.41) is 7.26. The van der Waals surface area contributed by atoms with E-state index in [1.807, 2.05) is 6.07 Å². The zero-order valence-electron chi connectivity index (χ0n) is 8.85. The quantitative estimate of drug-likeness (QED) is 0.827. The summed E-state index contributed by atoms with van der Waals surface area (Å²) in [5.74, 6) is 1.82. The lowest BCUT2D eigenvalue weighted by atomic mass is 10.4. The van der Waals surface area contributed by atoms with E-state index in [2.05, 4.69) is 15.5 Å². The number of aromatic nitrogens is 2. The normalized spacial score (nSPS) is 15.5. The molecule has 1 aliphatic carbocycles. The summed E-state index contributed by atoms with van der Waals surface area (Å²) in [6, 6.07) is 4.34. The van der Waals surface area contributed by atoms with Gasteiger partial charge in [-0.1, -0.05) is 5.16 Å². The van der Waals surface area contributed by atoms with Crippen molar-refractivity contribution in [3.05, 3.63) is 24.3 Å². The summed E-state index contributed by atoms with van der Waals surface area (Å²) >= 11 is 0. The molecule has 5 nitrogen and oxygen atoms in total. The minimum Gasteiger partial charge on any atom is -0.461 e. The molecule has 84 valence electrons. The summed E-state index contributed by atoms with van der Waals surface area (Å²) in [6.45, 7) is 0.893. The van der Waals surface area contributed by atoms with Gasteiger partial charge in [-0.25, -0.2) is 0 Å². The van der Waals surface area contributed by atoms with Crippen molar-refractivity contribution in [2.75, 3.05) is 6.54 Å². The minimum absolute atomic E-state index is 0.520.